The Balaban J connectivity index is 2.07. The van der Waals surface area contributed by atoms with E-state index in [0.29, 0.717) is 11.1 Å². The molecule has 1 heterocycles. The van der Waals surface area contributed by atoms with Crippen molar-refractivity contribution < 1.29 is 17.6 Å². The molecule has 0 aliphatic carbocycles. The summed E-state index contributed by atoms with van der Waals surface area (Å²) in [5.41, 5.74) is 1.19. The van der Waals surface area contributed by atoms with Gasteiger partial charge in [-0.2, -0.15) is 0 Å². The smallest absolute Gasteiger partial charge is 0.569 e. The third-order valence-electron chi connectivity index (χ3n) is 3.01. The van der Waals surface area contributed by atoms with Gasteiger partial charge < -0.3 is 17.6 Å². The topological polar surface area (TPSA) is 20.5 Å². The first-order chi connectivity index (χ1) is 10.4. The Hall–Kier alpha value is -0.965. The highest BCUT2D eigenvalue weighted by Crippen LogP contribution is 2.29. The number of hydrogen-bond acceptors (Lipinski definition) is 1. The Kier molecular flexibility index (Phi) is 4.53. The van der Waals surface area contributed by atoms with E-state index in [1.807, 2.05) is 12.1 Å². The highest BCUT2D eigenvalue weighted by Gasteiger charge is 2.53. The molecule has 2 aromatic rings. The fourth-order valence-electron chi connectivity index (χ4n) is 2.09. The molecule has 0 unspecified atom stereocenters. The summed E-state index contributed by atoms with van der Waals surface area (Å²) in [5.74, 6) is 0.229. The second-order valence-electron chi connectivity index (χ2n) is 4.66. The van der Waals surface area contributed by atoms with Crippen LogP contribution in [0.15, 0.2) is 54.6 Å². The van der Waals surface area contributed by atoms with Crippen molar-refractivity contribution in [2.24, 2.45) is 0 Å². The number of rotatable bonds is 2. The summed E-state index contributed by atoms with van der Waals surface area (Å²) in [6.45, 7) is 0. The monoisotopic (exact) mass is 524 g/mol. The molecule has 0 saturated heterocycles. The van der Waals surface area contributed by atoms with Crippen LogP contribution in [0.25, 0.3) is 5.76 Å². The first-order valence-corrected chi connectivity index (χ1v) is 8.57. The van der Waals surface area contributed by atoms with Crippen molar-refractivity contribution in [3.8, 4) is 0 Å². The first kappa shape index (κ1) is 15.9. The van der Waals surface area contributed by atoms with Gasteiger partial charge in [0.05, 0.1) is 17.4 Å². The molecule has 112 valence electrons. The minimum atomic E-state index is -4.38. The van der Waals surface area contributed by atoms with Crippen molar-refractivity contribution in [1.82, 2.24) is 0 Å². The number of allylic oxidation sites excluding steroid dienone is 1. The van der Waals surface area contributed by atoms with E-state index in [4.69, 9.17) is 9.00 Å². The van der Waals surface area contributed by atoms with Gasteiger partial charge in [0.15, 0.2) is 0 Å². The maximum Gasteiger partial charge on any atom is 0.995 e. The van der Waals surface area contributed by atoms with Gasteiger partial charge in [-0.1, -0.05) is 18.2 Å². The molecule has 22 heavy (non-hydrogen) atoms. The van der Waals surface area contributed by atoms with Crippen LogP contribution in [-0.4, -0.2) is 12.9 Å². The van der Waals surface area contributed by atoms with E-state index < -0.39 is 7.11 Å². The van der Waals surface area contributed by atoms with Gasteiger partial charge in [-0.25, -0.2) is 0 Å². The Morgan fingerprint density at radius 2 is 1.50 bits per heavy atom. The fourth-order valence-corrected chi connectivity index (χ4v) is 3.18. The summed E-state index contributed by atoms with van der Waals surface area (Å²) < 4.78 is 39.0. The molecule has 0 atom stereocenters. The van der Waals surface area contributed by atoms with E-state index in [0.717, 1.165) is 7.14 Å². The van der Waals surface area contributed by atoms with Crippen LogP contribution in [0.5, 0.6) is 0 Å². The minimum absolute atomic E-state index is 0.114. The van der Waals surface area contributed by atoms with Gasteiger partial charge in [0.1, 0.15) is 0 Å². The molecule has 0 amide bonds. The van der Waals surface area contributed by atoms with Gasteiger partial charge >= 0.3 is 7.11 Å². The predicted octanol–water partition coefficient (Wildman–Crippen LogP) is 5.06. The summed E-state index contributed by atoms with van der Waals surface area (Å²) in [4.78, 5) is 0. The van der Waals surface area contributed by atoms with Crippen LogP contribution in [0.3, 0.4) is 0 Å². The van der Waals surface area contributed by atoms with Gasteiger partial charge in [0.25, 0.3) is 5.78 Å². The molecule has 0 radical (unpaired) electrons. The lowest BCUT2D eigenvalue weighted by Crippen LogP contribution is -2.31. The lowest BCUT2D eigenvalue weighted by atomic mass is 10.0. The lowest BCUT2D eigenvalue weighted by Gasteiger charge is -2.20. The van der Waals surface area contributed by atoms with Gasteiger partial charge in [-0.15, -0.1) is 0 Å². The zero-order chi connectivity index (χ0) is 15.7. The van der Waals surface area contributed by atoms with Crippen LogP contribution in [0.1, 0.15) is 15.5 Å². The maximum absolute atomic E-state index is 13.8. The van der Waals surface area contributed by atoms with Gasteiger partial charge in [0.2, 0.25) is 0 Å². The molecule has 0 spiro atoms. The average molecular weight is 524 g/mol. The number of carbonyl (C=O) groups excluding carboxylic acids is 1. The molecule has 2 nitrogen and oxygen atoms in total. The fraction of sp³-hybridized carbons (Fsp3) is 0. The molecular formula is C15H9BF2I2O2. The second kappa shape index (κ2) is 6.27. The van der Waals surface area contributed by atoms with Crippen molar-refractivity contribution in [2.75, 3.05) is 0 Å². The van der Waals surface area contributed by atoms with Crippen LogP contribution in [0.2, 0.25) is 0 Å². The number of ketones is 1. The Labute approximate surface area is 153 Å². The van der Waals surface area contributed by atoms with Crippen molar-refractivity contribution in [1.29, 1.82) is 0 Å². The first-order valence-electron chi connectivity index (χ1n) is 6.41. The van der Waals surface area contributed by atoms with E-state index in [1.54, 1.807) is 36.4 Å². The van der Waals surface area contributed by atoms with Crippen LogP contribution >= 0.6 is 45.2 Å². The van der Waals surface area contributed by atoms with Crippen molar-refractivity contribution in [3.63, 3.8) is 0 Å². The summed E-state index contributed by atoms with van der Waals surface area (Å²) in [6.07, 6.45) is 1.51. The molecule has 7 heteroatoms. The van der Waals surface area contributed by atoms with E-state index in [-0.39, 0.29) is 11.5 Å². The predicted molar refractivity (Wildman–Crippen MR) is 99.7 cm³/mol. The zero-order valence-corrected chi connectivity index (χ0v) is 15.4. The Morgan fingerprint density at radius 1 is 0.909 bits per heavy atom. The molecular weight excluding hydrogens is 515 g/mol. The number of halogens is 4. The summed E-state index contributed by atoms with van der Waals surface area (Å²) in [7, 11) is -4.38. The molecule has 0 bridgehead atoms. The number of benzene rings is 2. The van der Waals surface area contributed by atoms with E-state index in [9.17, 15) is 8.63 Å². The van der Waals surface area contributed by atoms with Crippen LogP contribution < -0.4 is 0 Å². The largest absolute Gasteiger partial charge is 0.995 e. The average Bonchev–Trinajstić information content (AvgIpc) is 2.45. The molecule has 2 aromatic carbocycles. The molecule has 0 N–H and O–H groups in total. The van der Waals surface area contributed by atoms with Gasteiger partial charge in [-0.05, 0) is 75.5 Å². The molecule has 3 rings (SSSR count). The summed E-state index contributed by atoms with van der Waals surface area (Å²) in [6, 6.07) is 14.4. The summed E-state index contributed by atoms with van der Waals surface area (Å²) >= 11 is 4.25. The normalized spacial score (nSPS) is 16.5. The Bertz CT molecular complexity index is 791. The maximum atomic E-state index is 13.8. The SMILES string of the molecule is F[B-]1(F)OC(c2cccc(I)c2)=CC(c2cccc(I)c2)=[O+]1. The zero-order valence-electron chi connectivity index (χ0n) is 11.1. The van der Waals surface area contributed by atoms with Crippen molar-refractivity contribution in [2.45, 2.75) is 0 Å². The van der Waals surface area contributed by atoms with Crippen molar-refractivity contribution >= 4 is 63.8 Å². The highest BCUT2D eigenvalue weighted by atomic mass is 127. The standard InChI is InChI=1S/C15H9BF2I2O2/c17-16(18)21-14(10-3-1-5-12(19)7-10)9-15(22-16)11-4-2-6-13(20)8-11/h1-9H. The molecule has 0 aromatic heterocycles. The molecule has 1 aliphatic heterocycles. The van der Waals surface area contributed by atoms with E-state index in [1.165, 1.54) is 6.08 Å². The number of hydrogen-bond donors (Lipinski definition) is 0. The lowest BCUT2D eigenvalue weighted by molar-refractivity contribution is -0.183. The van der Waals surface area contributed by atoms with Crippen LogP contribution in [0.4, 0.5) is 8.63 Å². The molecule has 1 aliphatic rings. The second-order valence-corrected chi connectivity index (χ2v) is 7.16. The van der Waals surface area contributed by atoms with E-state index >= 15 is 0 Å². The quantitative estimate of drug-likeness (QED) is 0.306. The third-order valence-corrected chi connectivity index (χ3v) is 4.35. The molecule has 0 fully saturated rings. The minimum Gasteiger partial charge on any atom is -0.569 e. The third kappa shape index (κ3) is 3.68. The van der Waals surface area contributed by atoms with Crippen LogP contribution in [0, 0.1) is 7.14 Å². The Morgan fingerprint density at radius 3 is 2.14 bits per heavy atom. The van der Waals surface area contributed by atoms with Crippen molar-refractivity contribution in [3.05, 3.63) is 72.9 Å². The molecule has 0 saturated carbocycles. The van der Waals surface area contributed by atoms with Gasteiger partial charge in [-0.3, -0.25) is 0 Å². The van der Waals surface area contributed by atoms with Gasteiger partial charge in [0, 0.05) is 12.7 Å². The highest BCUT2D eigenvalue weighted by molar-refractivity contribution is 14.1. The summed E-state index contributed by atoms with van der Waals surface area (Å²) in [5, 5.41) is 0. The van der Waals surface area contributed by atoms with E-state index in [2.05, 4.69) is 45.2 Å². The van der Waals surface area contributed by atoms with Crippen LogP contribution in [-0.2, 0) is 4.65 Å².